The second-order valence-electron chi connectivity index (χ2n) is 8.24. The fourth-order valence-electron chi connectivity index (χ4n) is 4.02. The van der Waals surface area contributed by atoms with Crippen molar-refractivity contribution in [2.24, 2.45) is 0 Å². The van der Waals surface area contributed by atoms with Gasteiger partial charge in [0.2, 0.25) is 0 Å². The molecular formula is C30H30F2O3S2. The SMILES string of the molecule is CCc1cc(CC)c([S+](c2ccccc2)c2ccccc2)c(CC)c1.O=S(=O)([O-])c1c(F)cccc1F. The fourth-order valence-corrected chi connectivity index (χ4v) is 7.17. The molecule has 4 aromatic rings. The zero-order valence-electron chi connectivity index (χ0n) is 21.1. The van der Waals surface area contributed by atoms with E-state index in [1.807, 2.05) is 0 Å². The molecule has 4 aromatic carbocycles. The Morgan fingerprint density at radius 3 is 1.43 bits per heavy atom. The zero-order valence-corrected chi connectivity index (χ0v) is 22.7. The van der Waals surface area contributed by atoms with Gasteiger partial charge in [-0.1, -0.05) is 75.4 Å². The van der Waals surface area contributed by atoms with Gasteiger partial charge in [-0.2, -0.15) is 0 Å². The summed E-state index contributed by atoms with van der Waals surface area (Å²) in [5, 5.41) is 0. The number of aryl methyl sites for hydroxylation is 3. The van der Waals surface area contributed by atoms with Crippen LogP contribution in [0.3, 0.4) is 0 Å². The molecule has 194 valence electrons. The van der Waals surface area contributed by atoms with E-state index in [9.17, 15) is 21.8 Å². The molecule has 0 amide bonds. The smallest absolute Gasteiger partial charge is 0.172 e. The van der Waals surface area contributed by atoms with Crippen LogP contribution in [-0.4, -0.2) is 13.0 Å². The monoisotopic (exact) mass is 540 g/mol. The highest BCUT2D eigenvalue weighted by molar-refractivity contribution is 7.97. The van der Waals surface area contributed by atoms with Gasteiger partial charge in [-0.15, -0.1) is 0 Å². The molecule has 0 bridgehead atoms. The Morgan fingerprint density at radius 1 is 0.676 bits per heavy atom. The summed E-state index contributed by atoms with van der Waals surface area (Å²) in [6.07, 6.45) is 3.27. The first-order chi connectivity index (χ1) is 17.7. The molecule has 4 rings (SSSR count). The van der Waals surface area contributed by atoms with Crippen LogP contribution in [0.15, 0.2) is 111 Å². The Labute approximate surface area is 221 Å². The molecule has 0 spiro atoms. The maximum atomic E-state index is 12.5. The van der Waals surface area contributed by atoms with E-state index in [2.05, 4.69) is 93.6 Å². The highest BCUT2D eigenvalue weighted by Crippen LogP contribution is 2.36. The Bertz CT molecular complexity index is 1340. The van der Waals surface area contributed by atoms with Gasteiger partial charge in [0, 0.05) is 11.1 Å². The van der Waals surface area contributed by atoms with Crippen molar-refractivity contribution in [2.75, 3.05) is 0 Å². The summed E-state index contributed by atoms with van der Waals surface area (Å²) in [4.78, 5) is 2.93. The number of hydrogen-bond acceptors (Lipinski definition) is 3. The highest BCUT2D eigenvalue weighted by Gasteiger charge is 2.33. The predicted molar refractivity (Wildman–Crippen MR) is 144 cm³/mol. The lowest BCUT2D eigenvalue weighted by Gasteiger charge is -2.16. The second-order valence-corrected chi connectivity index (χ2v) is 11.5. The molecule has 0 aromatic heterocycles. The van der Waals surface area contributed by atoms with Crippen LogP contribution >= 0.6 is 0 Å². The first-order valence-corrected chi connectivity index (χ1v) is 14.7. The number of hydrogen-bond donors (Lipinski definition) is 0. The molecule has 0 saturated heterocycles. The molecule has 0 radical (unpaired) electrons. The highest BCUT2D eigenvalue weighted by atomic mass is 32.2. The first kappa shape index (κ1) is 28.6. The van der Waals surface area contributed by atoms with E-state index in [1.54, 1.807) is 4.90 Å². The molecule has 0 aliphatic carbocycles. The number of benzene rings is 4. The first-order valence-electron chi connectivity index (χ1n) is 12.1. The second kappa shape index (κ2) is 13.0. The Balaban J connectivity index is 0.000000266. The van der Waals surface area contributed by atoms with Gasteiger partial charge >= 0.3 is 0 Å². The van der Waals surface area contributed by atoms with Gasteiger partial charge in [0.25, 0.3) is 0 Å². The standard InChI is InChI=1S/C24H27S.C6H4F2O3S/c1-4-19-17-20(5-2)24(21(6-3)18-19)25(22-13-9-7-10-14-22)23-15-11-8-12-16-23;7-4-2-1-3-5(8)6(4)12(9,10)11/h7-18H,4-6H2,1-3H3;1-3H,(H,9,10,11)/q+1;/p-1. The minimum absolute atomic E-state index is 0.0478. The van der Waals surface area contributed by atoms with E-state index in [-0.39, 0.29) is 10.9 Å². The van der Waals surface area contributed by atoms with Crippen LogP contribution in [0.2, 0.25) is 0 Å². The van der Waals surface area contributed by atoms with Crippen molar-refractivity contribution >= 4 is 21.0 Å². The molecule has 0 unspecified atom stereocenters. The van der Waals surface area contributed by atoms with E-state index in [4.69, 9.17) is 0 Å². The number of halogens is 2. The molecule has 0 fully saturated rings. The molecule has 0 aliphatic rings. The van der Waals surface area contributed by atoms with Crippen LogP contribution in [0.5, 0.6) is 0 Å². The van der Waals surface area contributed by atoms with Crippen LogP contribution in [0.1, 0.15) is 37.5 Å². The lowest BCUT2D eigenvalue weighted by molar-refractivity contribution is 0.441. The van der Waals surface area contributed by atoms with Crippen molar-refractivity contribution in [3.8, 4) is 0 Å². The predicted octanol–water partition coefficient (Wildman–Crippen LogP) is 7.34. The fraction of sp³-hybridized carbons (Fsp3) is 0.200. The van der Waals surface area contributed by atoms with Gasteiger partial charge in [0.15, 0.2) is 14.7 Å². The quantitative estimate of drug-likeness (QED) is 0.182. The maximum Gasteiger partial charge on any atom is 0.172 e. The Kier molecular flexibility index (Phi) is 10.0. The summed E-state index contributed by atoms with van der Waals surface area (Å²) in [5.41, 5.74) is 4.47. The van der Waals surface area contributed by atoms with Crippen molar-refractivity contribution in [1.29, 1.82) is 0 Å². The van der Waals surface area contributed by atoms with E-state index in [1.165, 1.54) is 26.5 Å². The van der Waals surface area contributed by atoms with Crippen molar-refractivity contribution in [2.45, 2.75) is 59.6 Å². The summed E-state index contributed by atoms with van der Waals surface area (Å²) in [6, 6.07) is 29.2. The molecule has 37 heavy (non-hydrogen) atoms. The lowest BCUT2D eigenvalue weighted by Crippen LogP contribution is -2.11. The average molecular weight is 541 g/mol. The summed E-state index contributed by atoms with van der Waals surface area (Å²) >= 11 is 0. The van der Waals surface area contributed by atoms with E-state index in [0.29, 0.717) is 12.1 Å². The third-order valence-electron chi connectivity index (χ3n) is 5.80. The van der Waals surface area contributed by atoms with Gasteiger partial charge in [0.1, 0.15) is 26.6 Å². The van der Waals surface area contributed by atoms with Crippen LogP contribution < -0.4 is 0 Å². The minimum Gasteiger partial charge on any atom is -0.744 e. The van der Waals surface area contributed by atoms with Crippen LogP contribution in [0.25, 0.3) is 0 Å². The van der Waals surface area contributed by atoms with Crippen molar-refractivity contribution < 1.29 is 21.8 Å². The summed E-state index contributed by atoms with van der Waals surface area (Å²) < 4.78 is 55.8. The largest absolute Gasteiger partial charge is 0.744 e. The van der Waals surface area contributed by atoms with Gasteiger partial charge in [-0.25, -0.2) is 17.2 Å². The van der Waals surface area contributed by atoms with Crippen molar-refractivity contribution in [3.05, 3.63) is 119 Å². The molecule has 0 heterocycles. The van der Waals surface area contributed by atoms with Crippen LogP contribution in [0.4, 0.5) is 8.78 Å². The van der Waals surface area contributed by atoms with Crippen LogP contribution in [0, 0.1) is 11.6 Å². The van der Waals surface area contributed by atoms with Crippen molar-refractivity contribution in [3.63, 3.8) is 0 Å². The third kappa shape index (κ3) is 7.06. The lowest BCUT2D eigenvalue weighted by atomic mass is 10.0. The molecule has 0 N–H and O–H groups in total. The molecule has 0 aliphatic heterocycles. The van der Waals surface area contributed by atoms with E-state index >= 15 is 0 Å². The van der Waals surface area contributed by atoms with Gasteiger partial charge in [-0.05, 0) is 61.2 Å². The Morgan fingerprint density at radius 2 is 1.11 bits per heavy atom. The van der Waals surface area contributed by atoms with Gasteiger partial charge in [0.05, 0.1) is 10.9 Å². The normalized spacial score (nSPS) is 11.2. The van der Waals surface area contributed by atoms with E-state index < -0.39 is 26.6 Å². The number of rotatable bonds is 7. The van der Waals surface area contributed by atoms with Gasteiger partial charge in [-0.3, -0.25) is 0 Å². The average Bonchev–Trinajstić information content (AvgIpc) is 2.89. The molecular weight excluding hydrogens is 510 g/mol. The van der Waals surface area contributed by atoms with E-state index in [0.717, 1.165) is 25.3 Å². The van der Waals surface area contributed by atoms with Crippen LogP contribution in [-0.2, 0) is 40.3 Å². The summed E-state index contributed by atoms with van der Waals surface area (Å²) in [7, 11) is -5.11. The molecule has 0 saturated carbocycles. The minimum atomic E-state index is -5.06. The van der Waals surface area contributed by atoms with Crippen molar-refractivity contribution in [1.82, 2.24) is 0 Å². The molecule has 7 heteroatoms. The van der Waals surface area contributed by atoms with Gasteiger partial charge < -0.3 is 4.55 Å². The summed E-state index contributed by atoms with van der Waals surface area (Å²) in [5.74, 6) is -2.74. The topological polar surface area (TPSA) is 57.2 Å². The maximum absolute atomic E-state index is 12.5. The third-order valence-corrected chi connectivity index (χ3v) is 9.11. The summed E-state index contributed by atoms with van der Waals surface area (Å²) in [6.45, 7) is 6.83. The zero-order chi connectivity index (χ0) is 27.0. The molecule has 3 nitrogen and oxygen atoms in total. The Hall–Kier alpha value is -3.00. The molecule has 0 atom stereocenters.